The molecule has 4 N–H and O–H groups in total. The highest BCUT2D eigenvalue weighted by molar-refractivity contribution is 7.79. The first-order valence-electron chi connectivity index (χ1n) is 12.5. The summed E-state index contributed by atoms with van der Waals surface area (Å²) in [6, 6.07) is 4.17. The van der Waals surface area contributed by atoms with Crippen molar-refractivity contribution in [3.63, 3.8) is 0 Å². The maximum absolute atomic E-state index is 6.17. The van der Waals surface area contributed by atoms with Crippen LogP contribution in [0, 0.1) is 5.92 Å². The number of thiocarbonyl (C=S) groups is 1. The van der Waals surface area contributed by atoms with Crippen LogP contribution in [0.4, 0.5) is 5.82 Å². The van der Waals surface area contributed by atoms with Gasteiger partial charge in [0.25, 0.3) is 0 Å². The fourth-order valence-corrected chi connectivity index (χ4v) is 6.11. The molecule has 2 aliphatic heterocycles. The Morgan fingerprint density at radius 3 is 2.94 bits per heavy atom. The molecule has 3 fully saturated rings. The van der Waals surface area contributed by atoms with Crippen LogP contribution < -0.4 is 16.0 Å². The predicted octanol–water partition coefficient (Wildman–Crippen LogP) is 3.63. The second-order valence-corrected chi connectivity index (χ2v) is 10.3. The number of nitrogens with one attached hydrogen (secondary N) is 2. The van der Waals surface area contributed by atoms with Crippen molar-refractivity contribution in [1.82, 2.24) is 30.2 Å². The molecule has 8 nitrogen and oxygen atoms in total. The van der Waals surface area contributed by atoms with E-state index in [2.05, 4.69) is 25.2 Å². The van der Waals surface area contributed by atoms with Gasteiger partial charge in [0.05, 0.1) is 17.8 Å². The second-order valence-electron chi connectivity index (χ2n) is 10.1. The lowest BCUT2D eigenvalue weighted by atomic mass is 9.94. The van der Waals surface area contributed by atoms with Gasteiger partial charge in [-0.05, 0) is 68.3 Å². The van der Waals surface area contributed by atoms with E-state index in [9.17, 15) is 0 Å². The minimum Gasteiger partial charge on any atom is -0.353 e. The van der Waals surface area contributed by atoms with E-state index in [-0.39, 0.29) is 6.04 Å². The molecule has 1 saturated carbocycles. The molecule has 3 unspecified atom stereocenters. The molecular weight excluding hydrogens is 456 g/mol. The summed E-state index contributed by atoms with van der Waals surface area (Å²) >= 11 is 5.07. The first-order chi connectivity index (χ1) is 17.2. The Hall–Kier alpha value is -3.01. The van der Waals surface area contributed by atoms with Gasteiger partial charge >= 0.3 is 0 Å². The average molecular weight is 485 g/mol. The van der Waals surface area contributed by atoms with Crippen LogP contribution in [0.2, 0.25) is 0 Å². The Morgan fingerprint density at radius 2 is 2.09 bits per heavy atom. The molecule has 4 aromatic rings. The minimum absolute atomic E-state index is 0.355. The standard InChI is InChI=1S/C26H28N8S/c27-19(13-35)20-9-17-16(3-7-30-24(17)31-20)25-32-21-12-29-11-18(14-1-2-14)23(21)26(33-25)34-8-5-15-10-28-6-4-22(15)34/h3,7,9,11-15,19,22,28H,1-2,4-6,8,10,27H2,(H,30,31). The first-order valence-corrected chi connectivity index (χ1v) is 13.0. The number of rotatable bonds is 5. The fraction of sp³-hybridized carbons (Fsp3) is 0.423. The van der Waals surface area contributed by atoms with E-state index in [1.807, 2.05) is 24.5 Å². The van der Waals surface area contributed by atoms with E-state index in [0.29, 0.717) is 23.7 Å². The van der Waals surface area contributed by atoms with Crippen molar-refractivity contribution in [1.29, 1.82) is 0 Å². The zero-order valence-corrected chi connectivity index (χ0v) is 20.3. The minimum atomic E-state index is -0.355. The van der Waals surface area contributed by atoms with E-state index >= 15 is 0 Å². The molecule has 0 aromatic carbocycles. The summed E-state index contributed by atoms with van der Waals surface area (Å²) in [4.78, 5) is 25.4. The van der Waals surface area contributed by atoms with Gasteiger partial charge in [-0.3, -0.25) is 4.98 Å². The number of nitrogens with two attached hydrogens (primary N) is 1. The Labute approximate surface area is 208 Å². The molecule has 0 radical (unpaired) electrons. The van der Waals surface area contributed by atoms with Gasteiger partial charge in [-0.15, -0.1) is 0 Å². The zero-order chi connectivity index (χ0) is 23.5. The van der Waals surface area contributed by atoms with Crippen molar-refractivity contribution in [3.8, 4) is 11.4 Å². The molecule has 2 saturated heterocycles. The van der Waals surface area contributed by atoms with Crippen LogP contribution in [-0.4, -0.2) is 56.0 Å². The number of aromatic amines is 1. The van der Waals surface area contributed by atoms with Crippen LogP contribution in [0.1, 0.15) is 48.9 Å². The summed E-state index contributed by atoms with van der Waals surface area (Å²) in [5.74, 6) is 3.01. The number of hydrogen-bond donors (Lipinski definition) is 3. The van der Waals surface area contributed by atoms with Gasteiger partial charge in [-0.25, -0.2) is 15.0 Å². The van der Waals surface area contributed by atoms with Crippen molar-refractivity contribution >= 4 is 45.3 Å². The highest BCUT2D eigenvalue weighted by atomic mass is 32.1. The summed E-state index contributed by atoms with van der Waals surface area (Å²) in [6.45, 7) is 3.17. The topological polar surface area (TPSA) is 109 Å². The van der Waals surface area contributed by atoms with Crippen molar-refractivity contribution in [3.05, 3.63) is 42.0 Å². The second kappa shape index (κ2) is 8.29. The zero-order valence-electron chi connectivity index (χ0n) is 19.4. The SMILES string of the molecule is NC(C=S)c1cc2c(-c3nc(N4CCC5CNCCC54)c4c(C5CC5)cncc4n3)ccnc2[nH]1. The maximum Gasteiger partial charge on any atom is 0.163 e. The molecule has 3 aliphatic rings. The Kier molecular flexibility index (Phi) is 5.04. The smallest absolute Gasteiger partial charge is 0.163 e. The van der Waals surface area contributed by atoms with E-state index in [0.717, 1.165) is 59.7 Å². The van der Waals surface area contributed by atoms with Crippen LogP contribution in [0.3, 0.4) is 0 Å². The van der Waals surface area contributed by atoms with Crippen molar-refractivity contribution in [2.24, 2.45) is 11.7 Å². The molecule has 1 aliphatic carbocycles. The highest BCUT2D eigenvalue weighted by Crippen LogP contribution is 2.46. The first kappa shape index (κ1) is 21.3. The summed E-state index contributed by atoms with van der Waals surface area (Å²) < 4.78 is 0. The van der Waals surface area contributed by atoms with Crippen molar-refractivity contribution < 1.29 is 0 Å². The van der Waals surface area contributed by atoms with Crippen molar-refractivity contribution in [2.75, 3.05) is 24.5 Å². The van der Waals surface area contributed by atoms with Crippen LogP contribution in [0.15, 0.2) is 30.7 Å². The average Bonchev–Trinajstić information content (AvgIpc) is 3.50. The fourth-order valence-electron chi connectivity index (χ4n) is 5.96. The van der Waals surface area contributed by atoms with Gasteiger partial charge in [0.15, 0.2) is 5.82 Å². The number of hydrogen-bond acceptors (Lipinski definition) is 8. The normalized spacial score (nSPS) is 23.1. The lowest BCUT2D eigenvalue weighted by molar-refractivity contribution is 0.360. The molecule has 7 rings (SSSR count). The number of nitrogens with zero attached hydrogens (tertiary/aromatic N) is 5. The van der Waals surface area contributed by atoms with E-state index in [4.69, 9.17) is 27.9 Å². The molecule has 35 heavy (non-hydrogen) atoms. The maximum atomic E-state index is 6.17. The van der Waals surface area contributed by atoms with Gasteiger partial charge in [-0.2, -0.15) is 0 Å². The van der Waals surface area contributed by atoms with Gasteiger partial charge in [0, 0.05) is 52.4 Å². The molecule has 178 valence electrons. The third kappa shape index (κ3) is 3.52. The molecular formula is C26H28N8S. The predicted molar refractivity (Wildman–Crippen MR) is 142 cm³/mol. The van der Waals surface area contributed by atoms with Gasteiger partial charge < -0.3 is 20.9 Å². The van der Waals surface area contributed by atoms with Gasteiger partial charge in [0.2, 0.25) is 0 Å². The summed E-state index contributed by atoms with van der Waals surface area (Å²) in [7, 11) is 0. The lowest BCUT2D eigenvalue weighted by Crippen LogP contribution is -2.44. The number of H-pyrrole nitrogens is 1. The van der Waals surface area contributed by atoms with Crippen LogP contribution in [-0.2, 0) is 0 Å². The number of fused-ring (bicyclic) bond motifs is 3. The van der Waals surface area contributed by atoms with Gasteiger partial charge in [0.1, 0.15) is 11.5 Å². The van der Waals surface area contributed by atoms with Crippen molar-refractivity contribution in [2.45, 2.75) is 43.7 Å². The van der Waals surface area contributed by atoms with Gasteiger partial charge in [-0.1, -0.05) is 12.2 Å². The number of piperidine rings is 1. The van der Waals surface area contributed by atoms with Crippen LogP contribution in [0.5, 0.6) is 0 Å². The van der Waals surface area contributed by atoms with Crippen LogP contribution in [0.25, 0.3) is 33.3 Å². The molecule has 6 heterocycles. The summed E-state index contributed by atoms with van der Waals surface area (Å²) in [5, 5.41) is 7.28. The third-order valence-corrected chi connectivity index (χ3v) is 8.21. The monoisotopic (exact) mass is 484 g/mol. The largest absolute Gasteiger partial charge is 0.353 e. The number of aromatic nitrogens is 5. The quantitative estimate of drug-likeness (QED) is 0.369. The Morgan fingerprint density at radius 1 is 1.17 bits per heavy atom. The number of anilines is 1. The molecule has 9 heteroatoms. The number of pyridine rings is 2. The molecule has 0 bridgehead atoms. The van der Waals surface area contributed by atoms with E-state index in [1.165, 1.54) is 30.2 Å². The molecule has 0 amide bonds. The van der Waals surface area contributed by atoms with E-state index in [1.54, 1.807) is 11.6 Å². The van der Waals surface area contributed by atoms with E-state index < -0.39 is 0 Å². The highest BCUT2D eigenvalue weighted by Gasteiger charge is 2.38. The third-order valence-electron chi connectivity index (χ3n) is 7.91. The molecule has 0 spiro atoms. The Balaban J connectivity index is 1.44. The molecule has 4 aromatic heterocycles. The lowest BCUT2D eigenvalue weighted by Gasteiger charge is -2.33. The van der Waals surface area contributed by atoms with Crippen LogP contribution >= 0.6 is 12.2 Å². The Bertz CT molecular complexity index is 1440. The summed E-state index contributed by atoms with van der Waals surface area (Å²) in [6.07, 6.45) is 10.5. The summed E-state index contributed by atoms with van der Waals surface area (Å²) in [5.41, 5.74) is 10.9. The molecule has 3 atom stereocenters.